The molecular formula is C25H31N5O4S. The molecular weight excluding hydrogens is 466 g/mol. The number of aryl methyl sites for hydroxylation is 1. The fourth-order valence-corrected chi connectivity index (χ4v) is 6.28. The normalized spacial score (nSPS) is 16.4. The summed E-state index contributed by atoms with van der Waals surface area (Å²) in [5.74, 6) is 0.00231. The summed E-state index contributed by atoms with van der Waals surface area (Å²) in [5, 5.41) is 7.63. The molecule has 1 N–H and O–H groups in total. The summed E-state index contributed by atoms with van der Waals surface area (Å²) in [6.07, 6.45) is 4.19. The molecule has 1 saturated heterocycles. The van der Waals surface area contributed by atoms with Crippen LogP contribution in [0.15, 0.2) is 33.7 Å². The third kappa shape index (κ3) is 4.40. The van der Waals surface area contributed by atoms with Gasteiger partial charge in [-0.05, 0) is 56.9 Å². The van der Waals surface area contributed by atoms with Crippen LogP contribution in [-0.4, -0.2) is 54.9 Å². The third-order valence-electron chi connectivity index (χ3n) is 6.88. The molecule has 0 unspecified atom stereocenters. The summed E-state index contributed by atoms with van der Waals surface area (Å²) >= 11 is 0. The number of carbonyl (C=O) groups is 1. The van der Waals surface area contributed by atoms with E-state index >= 15 is 0 Å². The molecule has 10 heteroatoms. The molecule has 186 valence electrons. The minimum absolute atomic E-state index is 0.166. The Hall–Kier alpha value is -2.98. The zero-order valence-electron chi connectivity index (χ0n) is 20.4. The van der Waals surface area contributed by atoms with E-state index in [2.05, 4.69) is 20.4 Å². The van der Waals surface area contributed by atoms with Crippen LogP contribution in [0.25, 0.3) is 11.1 Å². The second-order valence-electron chi connectivity index (χ2n) is 9.23. The van der Waals surface area contributed by atoms with Gasteiger partial charge >= 0.3 is 0 Å². The van der Waals surface area contributed by atoms with Crippen LogP contribution in [0.5, 0.6) is 0 Å². The van der Waals surface area contributed by atoms with E-state index in [1.807, 2.05) is 19.9 Å². The number of aromatic nitrogens is 2. The Labute approximate surface area is 205 Å². The largest absolute Gasteiger partial charge is 0.370 e. The molecule has 0 bridgehead atoms. The van der Waals surface area contributed by atoms with E-state index in [4.69, 9.17) is 4.52 Å². The highest BCUT2D eigenvalue weighted by Gasteiger charge is 2.30. The van der Waals surface area contributed by atoms with E-state index in [0.29, 0.717) is 47.1 Å². The summed E-state index contributed by atoms with van der Waals surface area (Å²) < 4.78 is 33.2. The number of fused-ring (bicyclic) bond motifs is 1. The molecule has 5 rings (SSSR count). The van der Waals surface area contributed by atoms with E-state index in [9.17, 15) is 13.2 Å². The number of hydrogen-bond donors (Lipinski definition) is 1. The highest BCUT2D eigenvalue weighted by Crippen LogP contribution is 2.41. The van der Waals surface area contributed by atoms with Gasteiger partial charge in [0.1, 0.15) is 0 Å². The Bertz CT molecular complexity index is 1370. The van der Waals surface area contributed by atoms with Crippen molar-refractivity contribution < 1.29 is 17.7 Å². The summed E-state index contributed by atoms with van der Waals surface area (Å²) in [6.45, 7) is 7.89. The van der Waals surface area contributed by atoms with E-state index in [1.165, 1.54) is 4.31 Å². The van der Waals surface area contributed by atoms with Gasteiger partial charge in [-0.3, -0.25) is 4.79 Å². The minimum Gasteiger partial charge on any atom is -0.370 e. The SMILES string of the molecule is CCN(CC)S(=O)(=O)c1ccc(N2CCCC2)c(NC(=O)c2cc(C3CC3)nc3onc(C)c23)c1. The lowest BCUT2D eigenvalue weighted by atomic mass is 10.1. The van der Waals surface area contributed by atoms with Crippen molar-refractivity contribution in [1.82, 2.24) is 14.4 Å². The van der Waals surface area contributed by atoms with Gasteiger partial charge in [0.2, 0.25) is 10.0 Å². The maximum Gasteiger partial charge on any atom is 0.259 e. The van der Waals surface area contributed by atoms with Gasteiger partial charge in [-0.1, -0.05) is 19.0 Å². The van der Waals surface area contributed by atoms with Crippen LogP contribution in [0.4, 0.5) is 11.4 Å². The Kier molecular flexibility index (Phi) is 6.27. The van der Waals surface area contributed by atoms with Crippen molar-refractivity contribution in [2.75, 3.05) is 36.4 Å². The van der Waals surface area contributed by atoms with Gasteiger partial charge in [0.05, 0.1) is 32.9 Å². The first-order valence-electron chi connectivity index (χ1n) is 12.3. The number of carbonyl (C=O) groups excluding carboxylic acids is 1. The molecule has 3 aromatic rings. The molecule has 1 aliphatic carbocycles. The summed E-state index contributed by atoms with van der Waals surface area (Å²) in [5.41, 5.74) is 3.53. The molecule has 35 heavy (non-hydrogen) atoms. The highest BCUT2D eigenvalue weighted by molar-refractivity contribution is 7.89. The summed E-state index contributed by atoms with van der Waals surface area (Å²) in [6, 6.07) is 6.85. The number of nitrogens with zero attached hydrogens (tertiary/aromatic N) is 4. The number of nitrogens with one attached hydrogen (secondary N) is 1. The Morgan fingerprint density at radius 1 is 1.17 bits per heavy atom. The Morgan fingerprint density at radius 3 is 2.54 bits per heavy atom. The standard InChI is InChI=1S/C25H31N5O4S/c1-4-30(5-2)35(32,33)18-10-11-22(29-12-6-7-13-29)21(14-18)26-24(31)19-15-20(17-8-9-17)27-25-23(19)16(3)28-34-25/h10-11,14-15,17H,4-9,12-13H2,1-3H3,(H,26,31). The quantitative estimate of drug-likeness (QED) is 0.494. The first-order valence-corrected chi connectivity index (χ1v) is 13.7. The molecule has 0 radical (unpaired) electrons. The molecule has 0 spiro atoms. The van der Waals surface area contributed by atoms with E-state index in [1.54, 1.807) is 25.1 Å². The van der Waals surface area contributed by atoms with Gasteiger partial charge in [0, 0.05) is 37.8 Å². The topological polar surface area (TPSA) is 109 Å². The lowest BCUT2D eigenvalue weighted by molar-refractivity contribution is 0.102. The predicted octanol–water partition coefficient (Wildman–Crippen LogP) is 4.29. The minimum atomic E-state index is -3.68. The molecule has 2 fully saturated rings. The van der Waals surface area contributed by atoms with Crippen LogP contribution in [0, 0.1) is 6.92 Å². The first-order chi connectivity index (χ1) is 16.8. The number of anilines is 2. The van der Waals surface area contributed by atoms with Crippen LogP contribution in [0.3, 0.4) is 0 Å². The zero-order chi connectivity index (χ0) is 24.7. The molecule has 1 saturated carbocycles. The number of pyridine rings is 1. The average Bonchev–Trinajstić information content (AvgIpc) is 3.43. The molecule has 1 amide bonds. The monoisotopic (exact) mass is 497 g/mol. The van der Waals surface area contributed by atoms with Crippen molar-refractivity contribution in [3.05, 3.63) is 41.2 Å². The van der Waals surface area contributed by atoms with Gasteiger partial charge in [0.25, 0.3) is 11.6 Å². The van der Waals surface area contributed by atoms with Crippen LogP contribution in [-0.2, 0) is 10.0 Å². The number of hydrogen-bond acceptors (Lipinski definition) is 7. The third-order valence-corrected chi connectivity index (χ3v) is 8.93. The Morgan fingerprint density at radius 2 is 1.89 bits per heavy atom. The van der Waals surface area contributed by atoms with Gasteiger partial charge in [0.15, 0.2) is 0 Å². The lowest BCUT2D eigenvalue weighted by Gasteiger charge is -2.24. The van der Waals surface area contributed by atoms with Crippen molar-refractivity contribution in [2.24, 2.45) is 0 Å². The van der Waals surface area contributed by atoms with Crippen molar-refractivity contribution in [3.8, 4) is 0 Å². The average molecular weight is 498 g/mol. The molecule has 0 atom stereocenters. The fraction of sp³-hybridized carbons (Fsp3) is 0.480. The molecule has 2 aliphatic rings. The maximum atomic E-state index is 13.7. The van der Waals surface area contributed by atoms with Crippen molar-refractivity contribution in [1.29, 1.82) is 0 Å². The molecule has 2 aromatic heterocycles. The maximum absolute atomic E-state index is 13.7. The fourth-order valence-electron chi connectivity index (χ4n) is 4.79. The van der Waals surface area contributed by atoms with Crippen LogP contribution in [0.2, 0.25) is 0 Å². The van der Waals surface area contributed by atoms with E-state index < -0.39 is 10.0 Å². The molecule has 9 nitrogen and oxygen atoms in total. The second kappa shape index (κ2) is 9.23. The molecule has 1 aliphatic heterocycles. The van der Waals surface area contributed by atoms with Gasteiger partial charge in [-0.2, -0.15) is 4.31 Å². The molecule has 1 aromatic carbocycles. The first kappa shape index (κ1) is 23.7. The summed E-state index contributed by atoms with van der Waals surface area (Å²) in [7, 11) is -3.68. The second-order valence-corrected chi connectivity index (χ2v) is 11.2. The number of rotatable bonds is 8. The zero-order valence-corrected chi connectivity index (χ0v) is 21.2. The van der Waals surface area contributed by atoms with E-state index in [0.717, 1.165) is 50.2 Å². The summed E-state index contributed by atoms with van der Waals surface area (Å²) in [4.78, 5) is 20.6. The van der Waals surface area contributed by atoms with Crippen LogP contribution < -0.4 is 10.2 Å². The number of sulfonamides is 1. The van der Waals surface area contributed by atoms with Crippen LogP contribution in [0.1, 0.15) is 67.2 Å². The highest BCUT2D eigenvalue weighted by atomic mass is 32.2. The lowest BCUT2D eigenvalue weighted by Crippen LogP contribution is -2.31. The smallest absolute Gasteiger partial charge is 0.259 e. The van der Waals surface area contributed by atoms with Gasteiger partial charge in [-0.15, -0.1) is 0 Å². The molecule has 3 heterocycles. The van der Waals surface area contributed by atoms with Crippen molar-refractivity contribution >= 4 is 38.4 Å². The van der Waals surface area contributed by atoms with E-state index in [-0.39, 0.29) is 10.8 Å². The predicted molar refractivity (Wildman–Crippen MR) is 134 cm³/mol. The van der Waals surface area contributed by atoms with Crippen molar-refractivity contribution in [3.63, 3.8) is 0 Å². The number of benzene rings is 1. The van der Waals surface area contributed by atoms with Gasteiger partial charge in [-0.25, -0.2) is 13.4 Å². The Balaban J connectivity index is 1.57. The van der Waals surface area contributed by atoms with Gasteiger partial charge < -0.3 is 14.7 Å². The number of amides is 1. The van der Waals surface area contributed by atoms with Crippen LogP contribution >= 0.6 is 0 Å². The van der Waals surface area contributed by atoms with Crippen molar-refractivity contribution in [2.45, 2.75) is 57.3 Å².